The van der Waals surface area contributed by atoms with Crippen molar-refractivity contribution in [3.05, 3.63) is 0 Å². The van der Waals surface area contributed by atoms with Gasteiger partial charge in [-0.1, -0.05) is 12.8 Å². The number of carbonyl (C=O) groups excluding carboxylic acids is 1. The summed E-state index contributed by atoms with van der Waals surface area (Å²) in [5.41, 5.74) is 0. The van der Waals surface area contributed by atoms with Crippen LogP contribution in [0.2, 0.25) is 0 Å². The van der Waals surface area contributed by atoms with Crippen LogP contribution in [-0.4, -0.2) is 30.3 Å². The quantitative estimate of drug-likeness (QED) is 0.628. The summed E-state index contributed by atoms with van der Waals surface area (Å²) in [6.07, 6.45) is 5.87. The molecule has 1 rings (SSSR count). The third kappa shape index (κ3) is 2.94. The number of Topliss-reactive ketones (excluding diaryl/α,β-unsaturated/α-hetero) is 1. The van der Waals surface area contributed by atoms with Crippen molar-refractivity contribution in [1.82, 2.24) is 4.90 Å². The Hall–Kier alpha value is -0.370. The van der Waals surface area contributed by atoms with E-state index in [2.05, 4.69) is 11.9 Å². The Morgan fingerprint density at radius 3 is 2.83 bits per heavy atom. The Kier molecular flexibility index (Phi) is 3.73. The van der Waals surface area contributed by atoms with Crippen molar-refractivity contribution in [2.45, 2.75) is 45.1 Å². The third-order valence-electron chi connectivity index (χ3n) is 2.69. The van der Waals surface area contributed by atoms with E-state index in [9.17, 15) is 4.79 Å². The first kappa shape index (κ1) is 9.72. The summed E-state index contributed by atoms with van der Waals surface area (Å²) >= 11 is 0. The molecular weight excluding hydrogens is 150 g/mol. The molecule has 0 bridgehead atoms. The maximum atomic E-state index is 10.9. The fourth-order valence-electron chi connectivity index (χ4n) is 1.91. The molecule has 0 saturated carbocycles. The van der Waals surface area contributed by atoms with Gasteiger partial charge in [0.2, 0.25) is 0 Å². The fourth-order valence-corrected chi connectivity index (χ4v) is 1.91. The van der Waals surface area contributed by atoms with Crippen LogP contribution in [0.5, 0.6) is 0 Å². The van der Waals surface area contributed by atoms with E-state index in [1.165, 1.54) is 25.7 Å². The fraction of sp³-hybridized carbons (Fsp3) is 0.900. The van der Waals surface area contributed by atoms with Gasteiger partial charge in [0.05, 0.1) is 0 Å². The summed E-state index contributed by atoms with van der Waals surface area (Å²) in [5.74, 6) is 0.328. The summed E-state index contributed by atoms with van der Waals surface area (Å²) in [6, 6.07) is 0.519. The Balaban J connectivity index is 2.41. The van der Waals surface area contributed by atoms with Crippen LogP contribution in [0.1, 0.15) is 39.0 Å². The van der Waals surface area contributed by atoms with Crippen molar-refractivity contribution in [3.8, 4) is 0 Å². The van der Waals surface area contributed by atoms with E-state index in [-0.39, 0.29) is 0 Å². The lowest BCUT2D eigenvalue weighted by atomic mass is 10.1. The number of nitrogens with zero attached hydrogens (tertiary/aromatic N) is 1. The molecule has 1 atom stereocenters. The maximum absolute atomic E-state index is 10.9. The molecule has 0 aromatic rings. The monoisotopic (exact) mass is 169 g/mol. The predicted octanol–water partition coefficient (Wildman–Crippen LogP) is 1.84. The zero-order valence-corrected chi connectivity index (χ0v) is 8.18. The molecule has 70 valence electrons. The molecule has 0 aromatic carbocycles. The Labute approximate surface area is 74.9 Å². The number of rotatable bonds is 2. The van der Waals surface area contributed by atoms with E-state index in [1.807, 2.05) is 0 Å². The first-order valence-corrected chi connectivity index (χ1v) is 4.90. The number of hydrogen-bond acceptors (Lipinski definition) is 2. The van der Waals surface area contributed by atoms with E-state index >= 15 is 0 Å². The number of ketones is 1. The molecular formula is C10H19NO. The van der Waals surface area contributed by atoms with Gasteiger partial charge in [-0.15, -0.1) is 0 Å². The van der Waals surface area contributed by atoms with Gasteiger partial charge < -0.3 is 4.90 Å². The van der Waals surface area contributed by atoms with E-state index in [0.717, 1.165) is 13.0 Å². The van der Waals surface area contributed by atoms with Crippen molar-refractivity contribution in [2.75, 3.05) is 13.6 Å². The van der Waals surface area contributed by atoms with Crippen LogP contribution < -0.4 is 0 Å². The van der Waals surface area contributed by atoms with Gasteiger partial charge in [0, 0.05) is 12.5 Å². The zero-order chi connectivity index (χ0) is 8.97. The summed E-state index contributed by atoms with van der Waals surface area (Å²) in [4.78, 5) is 13.3. The lowest BCUT2D eigenvalue weighted by Gasteiger charge is -2.24. The molecule has 1 aliphatic rings. The highest BCUT2D eigenvalue weighted by Gasteiger charge is 2.18. The topological polar surface area (TPSA) is 20.3 Å². The molecule has 1 fully saturated rings. The minimum atomic E-state index is 0.328. The van der Waals surface area contributed by atoms with Crippen LogP contribution in [0.3, 0.4) is 0 Å². The lowest BCUT2D eigenvalue weighted by molar-refractivity contribution is -0.118. The second kappa shape index (κ2) is 4.61. The maximum Gasteiger partial charge on any atom is 0.131 e. The van der Waals surface area contributed by atoms with Gasteiger partial charge in [-0.2, -0.15) is 0 Å². The van der Waals surface area contributed by atoms with Crippen molar-refractivity contribution in [1.29, 1.82) is 0 Å². The average molecular weight is 169 g/mol. The van der Waals surface area contributed by atoms with Gasteiger partial charge >= 0.3 is 0 Å². The van der Waals surface area contributed by atoms with Crippen LogP contribution in [0.4, 0.5) is 0 Å². The van der Waals surface area contributed by atoms with Crippen molar-refractivity contribution in [3.63, 3.8) is 0 Å². The normalized spacial score (nSPS) is 26.7. The Bertz CT molecular complexity index is 156. The molecule has 0 aromatic heterocycles. The van der Waals surface area contributed by atoms with E-state index in [4.69, 9.17) is 0 Å². The van der Waals surface area contributed by atoms with Crippen molar-refractivity contribution >= 4 is 5.78 Å². The second-order valence-corrected chi connectivity index (χ2v) is 3.89. The minimum absolute atomic E-state index is 0.328. The highest BCUT2D eigenvalue weighted by molar-refractivity contribution is 5.76. The standard InChI is InChI=1S/C10H19NO/c1-9(12)8-10-6-4-3-5-7-11(10)2/h10H,3-8H2,1-2H3. The minimum Gasteiger partial charge on any atom is -0.303 e. The number of carbonyl (C=O) groups is 1. The molecule has 1 saturated heterocycles. The largest absolute Gasteiger partial charge is 0.303 e. The summed E-state index contributed by atoms with van der Waals surface area (Å²) in [7, 11) is 2.14. The Morgan fingerprint density at radius 2 is 2.17 bits per heavy atom. The van der Waals surface area contributed by atoms with Gasteiger partial charge in [-0.05, 0) is 33.4 Å². The van der Waals surface area contributed by atoms with Crippen LogP contribution in [0.25, 0.3) is 0 Å². The summed E-state index contributed by atoms with van der Waals surface area (Å²) < 4.78 is 0. The van der Waals surface area contributed by atoms with Crippen molar-refractivity contribution < 1.29 is 4.79 Å². The summed E-state index contributed by atoms with van der Waals surface area (Å²) in [6.45, 7) is 2.86. The van der Waals surface area contributed by atoms with Gasteiger partial charge in [0.1, 0.15) is 5.78 Å². The Morgan fingerprint density at radius 1 is 1.42 bits per heavy atom. The van der Waals surface area contributed by atoms with E-state index < -0.39 is 0 Å². The molecule has 12 heavy (non-hydrogen) atoms. The summed E-state index contributed by atoms with van der Waals surface area (Å²) in [5, 5.41) is 0. The van der Waals surface area contributed by atoms with E-state index in [1.54, 1.807) is 6.92 Å². The van der Waals surface area contributed by atoms with Gasteiger partial charge in [0.25, 0.3) is 0 Å². The van der Waals surface area contributed by atoms with Crippen LogP contribution >= 0.6 is 0 Å². The van der Waals surface area contributed by atoms with Crippen LogP contribution in [0.15, 0.2) is 0 Å². The van der Waals surface area contributed by atoms with Crippen LogP contribution in [0, 0.1) is 0 Å². The first-order valence-electron chi connectivity index (χ1n) is 4.90. The molecule has 1 heterocycles. The number of likely N-dealkylation sites (tertiary alicyclic amines) is 1. The molecule has 0 amide bonds. The van der Waals surface area contributed by atoms with Crippen LogP contribution in [-0.2, 0) is 4.79 Å². The van der Waals surface area contributed by atoms with Gasteiger partial charge in [-0.3, -0.25) is 4.79 Å². The molecule has 2 nitrogen and oxygen atoms in total. The SMILES string of the molecule is CC(=O)CC1CCCCCN1C. The smallest absolute Gasteiger partial charge is 0.131 e. The molecule has 1 unspecified atom stereocenters. The molecule has 0 radical (unpaired) electrons. The van der Waals surface area contributed by atoms with E-state index in [0.29, 0.717) is 11.8 Å². The molecule has 2 heteroatoms. The first-order chi connectivity index (χ1) is 5.70. The predicted molar refractivity (Wildman–Crippen MR) is 50.2 cm³/mol. The van der Waals surface area contributed by atoms with Crippen molar-refractivity contribution in [2.24, 2.45) is 0 Å². The zero-order valence-electron chi connectivity index (χ0n) is 8.18. The highest BCUT2D eigenvalue weighted by Crippen LogP contribution is 2.17. The molecule has 0 spiro atoms. The second-order valence-electron chi connectivity index (χ2n) is 3.89. The number of hydrogen-bond donors (Lipinski definition) is 0. The molecule has 1 aliphatic heterocycles. The highest BCUT2D eigenvalue weighted by atomic mass is 16.1. The molecule has 0 N–H and O–H groups in total. The van der Waals surface area contributed by atoms with Gasteiger partial charge in [0.15, 0.2) is 0 Å². The average Bonchev–Trinajstić information content (AvgIpc) is 2.16. The van der Waals surface area contributed by atoms with Gasteiger partial charge in [-0.25, -0.2) is 0 Å². The lowest BCUT2D eigenvalue weighted by Crippen LogP contribution is -2.32. The third-order valence-corrected chi connectivity index (χ3v) is 2.69. The molecule has 0 aliphatic carbocycles.